The van der Waals surface area contributed by atoms with Crippen LogP contribution >= 0.6 is 11.6 Å². The zero-order valence-corrected chi connectivity index (χ0v) is 17.9. The molecule has 1 amide bonds. The molecule has 1 saturated heterocycles. The van der Waals surface area contributed by atoms with Gasteiger partial charge in [-0.1, -0.05) is 18.2 Å². The second-order valence-electron chi connectivity index (χ2n) is 7.34. The number of nitrogens with zero attached hydrogens (tertiary/aromatic N) is 2. The van der Waals surface area contributed by atoms with Gasteiger partial charge in [-0.15, -0.1) is 0 Å². The highest BCUT2D eigenvalue weighted by Gasteiger charge is 2.20. The molecule has 11 heteroatoms. The maximum Gasteiger partial charge on any atom is 0.283 e. The SMILES string of the molecule is C=C(F)C(=O)Nc1cc2c(Nc3ccc(F)c(Cl)c3F)ncnc2cc1OCC1CCOC1. The van der Waals surface area contributed by atoms with Crippen LogP contribution in [0.1, 0.15) is 6.42 Å². The van der Waals surface area contributed by atoms with Crippen molar-refractivity contribution in [2.45, 2.75) is 6.42 Å². The summed E-state index contributed by atoms with van der Waals surface area (Å²) in [6, 6.07) is 5.18. The van der Waals surface area contributed by atoms with Crippen molar-refractivity contribution in [1.29, 1.82) is 0 Å². The average Bonchev–Trinajstić information content (AvgIpc) is 3.32. The first kappa shape index (κ1) is 22.8. The average molecular weight is 479 g/mol. The number of benzene rings is 2. The second-order valence-corrected chi connectivity index (χ2v) is 7.71. The van der Waals surface area contributed by atoms with E-state index >= 15 is 0 Å². The van der Waals surface area contributed by atoms with E-state index in [9.17, 15) is 18.0 Å². The van der Waals surface area contributed by atoms with E-state index in [-0.39, 0.29) is 28.9 Å². The van der Waals surface area contributed by atoms with E-state index in [4.69, 9.17) is 21.1 Å². The maximum absolute atomic E-state index is 14.4. The number of nitrogens with one attached hydrogen (secondary N) is 2. The van der Waals surface area contributed by atoms with E-state index in [0.29, 0.717) is 30.7 Å². The van der Waals surface area contributed by atoms with E-state index < -0.39 is 28.4 Å². The monoisotopic (exact) mass is 478 g/mol. The van der Waals surface area contributed by atoms with Gasteiger partial charge in [0, 0.05) is 24.0 Å². The van der Waals surface area contributed by atoms with Gasteiger partial charge in [-0.25, -0.2) is 23.1 Å². The van der Waals surface area contributed by atoms with Crippen LogP contribution in [0.4, 0.5) is 30.4 Å². The third kappa shape index (κ3) is 5.01. The van der Waals surface area contributed by atoms with Crippen LogP contribution in [0, 0.1) is 17.6 Å². The molecule has 0 spiro atoms. The van der Waals surface area contributed by atoms with Gasteiger partial charge in [0.25, 0.3) is 5.91 Å². The number of anilines is 3. The highest BCUT2D eigenvalue weighted by Crippen LogP contribution is 2.35. The lowest BCUT2D eigenvalue weighted by molar-refractivity contribution is -0.114. The lowest BCUT2D eigenvalue weighted by Gasteiger charge is -2.17. The number of halogens is 4. The van der Waals surface area contributed by atoms with Crippen molar-refractivity contribution >= 4 is 45.6 Å². The van der Waals surface area contributed by atoms with E-state index in [2.05, 4.69) is 27.2 Å². The Bertz CT molecular complexity index is 1240. The molecule has 0 bridgehead atoms. The van der Waals surface area contributed by atoms with Crippen LogP contribution in [0.15, 0.2) is 43.0 Å². The van der Waals surface area contributed by atoms with Crippen molar-refractivity contribution in [2.75, 3.05) is 30.5 Å². The number of aromatic nitrogens is 2. The summed E-state index contributed by atoms with van der Waals surface area (Å²) in [5, 5.41) is 4.83. The molecule has 1 atom stereocenters. The topological polar surface area (TPSA) is 85.4 Å². The number of ether oxygens (including phenoxy) is 2. The Labute approximate surface area is 191 Å². The van der Waals surface area contributed by atoms with Crippen molar-refractivity contribution < 1.29 is 27.4 Å². The Hall–Kier alpha value is -3.37. The third-order valence-electron chi connectivity index (χ3n) is 5.02. The third-order valence-corrected chi connectivity index (χ3v) is 5.36. The van der Waals surface area contributed by atoms with Gasteiger partial charge in [-0.05, 0) is 24.6 Å². The van der Waals surface area contributed by atoms with Gasteiger partial charge >= 0.3 is 0 Å². The molecule has 0 radical (unpaired) electrons. The van der Waals surface area contributed by atoms with Gasteiger partial charge in [0.15, 0.2) is 11.6 Å². The highest BCUT2D eigenvalue weighted by molar-refractivity contribution is 6.31. The Morgan fingerprint density at radius 3 is 2.82 bits per heavy atom. The summed E-state index contributed by atoms with van der Waals surface area (Å²) in [5.41, 5.74) is 0.419. The zero-order valence-electron chi connectivity index (χ0n) is 17.1. The van der Waals surface area contributed by atoms with Crippen LogP contribution in [0.2, 0.25) is 5.02 Å². The zero-order chi connectivity index (χ0) is 23.5. The van der Waals surface area contributed by atoms with Gasteiger partial charge < -0.3 is 20.1 Å². The van der Waals surface area contributed by atoms with Gasteiger partial charge in [-0.3, -0.25) is 4.79 Å². The Morgan fingerprint density at radius 2 is 2.09 bits per heavy atom. The van der Waals surface area contributed by atoms with Crippen LogP contribution in [-0.2, 0) is 9.53 Å². The number of carbonyl (C=O) groups is 1. The molecule has 7 nitrogen and oxygen atoms in total. The molecule has 3 aromatic rings. The van der Waals surface area contributed by atoms with E-state index in [1.54, 1.807) is 6.07 Å². The van der Waals surface area contributed by atoms with Crippen molar-refractivity contribution in [3.05, 3.63) is 59.7 Å². The first-order valence-corrected chi connectivity index (χ1v) is 10.3. The lowest BCUT2D eigenvalue weighted by Crippen LogP contribution is -2.15. The molecule has 1 unspecified atom stereocenters. The molecule has 2 heterocycles. The number of amides is 1. The van der Waals surface area contributed by atoms with Crippen LogP contribution in [-0.4, -0.2) is 35.7 Å². The van der Waals surface area contributed by atoms with E-state index in [0.717, 1.165) is 12.5 Å². The Balaban J connectivity index is 1.72. The molecule has 0 aliphatic carbocycles. The van der Waals surface area contributed by atoms with Gasteiger partial charge in [0.1, 0.15) is 28.7 Å². The fourth-order valence-corrected chi connectivity index (χ4v) is 3.43. The highest BCUT2D eigenvalue weighted by atomic mass is 35.5. The Kier molecular flexibility index (Phi) is 6.66. The molecule has 2 N–H and O–H groups in total. The standard InChI is InChI=1S/C22H18ClF3N4O3/c1-11(24)22(31)30-17-6-13-16(7-18(17)33-9-12-4-5-32-8-12)27-10-28-21(13)29-15-3-2-14(25)19(23)20(15)26/h2-3,6-7,10,12H,1,4-5,8-9H2,(H,30,31)(H,27,28,29). The summed E-state index contributed by atoms with van der Waals surface area (Å²) in [6.07, 6.45) is 2.07. The minimum Gasteiger partial charge on any atom is -0.491 e. The summed E-state index contributed by atoms with van der Waals surface area (Å²) < 4.78 is 52.4. The first-order valence-electron chi connectivity index (χ1n) is 9.89. The predicted molar refractivity (Wildman–Crippen MR) is 117 cm³/mol. The molecule has 1 aromatic heterocycles. The molecule has 0 saturated carbocycles. The molecular formula is C22H18ClF3N4O3. The summed E-state index contributed by atoms with van der Waals surface area (Å²) in [6.45, 7) is 4.51. The van der Waals surface area contributed by atoms with Crippen LogP contribution in [0.3, 0.4) is 0 Å². The smallest absolute Gasteiger partial charge is 0.283 e. The lowest BCUT2D eigenvalue weighted by atomic mass is 10.1. The first-order chi connectivity index (χ1) is 15.8. The quantitative estimate of drug-likeness (QED) is 0.361. The molecule has 172 valence electrons. The molecule has 2 aromatic carbocycles. The van der Waals surface area contributed by atoms with Crippen molar-refractivity contribution in [3.8, 4) is 5.75 Å². The van der Waals surface area contributed by atoms with E-state index in [1.165, 1.54) is 18.5 Å². The summed E-state index contributed by atoms with van der Waals surface area (Å²) in [4.78, 5) is 20.2. The van der Waals surface area contributed by atoms with Crippen LogP contribution in [0.25, 0.3) is 10.9 Å². The number of carbonyl (C=O) groups excluding carboxylic acids is 1. The van der Waals surface area contributed by atoms with Crippen molar-refractivity contribution in [1.82, 2.24) is 9.97 Å². The molecule has 1 aliphatic rings. The van der Waals surface area contributed by atoms with Gasteiger partial charge in [0.2, 0.25) is 0 Å². The van der Waals surface area contributed by atoms with Gasteiger partial charge in [0.05, 0.1) is 30.1 Å². The van der Waals surface area contributed by atoms with Crippen LogP contribution in [0.5, 0.6) is 5.75 Å². The summed E-state index contributed by atoms with van der Waals surface area (Å²) in [5.74, 6) is -3.56. The van der Waals surface area contributed by atoms with E-state index in [1.807, 2.05) is 0 Å². The molecule has 1 fully saturated rings. The van der Waals surface area contributed by atoms with Gasteiger partial charge in [-0.2, -0.15) is 0 Å². The predicted octanol–water partition coefficient (Wildman–Crippen LogP) is 5.14. The number of hydrogen-bond acceptors (Lipinski definition) is 6. The number of fused-ring (bicyclic) bond motifs is 1. The molecule has 4 rings (SSSR count). The minimum atomic E-state index is -1.18. The fraction of sp³-hybridized carbons (Fsp3) is 0.227. The molecule has 33 heavy (non-hydrogen) atoms. The number of hydrogen-bond donors (Lipinski definition) is 2. The summed E-state index contributed by atoms with van der Waals surface area (Å²) in [7, 11) is 0. The minimum absolute atomic E-state index is 0.120. The maximum atomic E-state index is 14.4. The largest absolute Gasteiger partial charge is 0.491 e. The van der Waals surface area contributed by atoms with Crippen molar-refractivity contribution in [2.24, 2.45) is 5.92 Å². The second kappa shape index (κ2) is 9.63. The molecular weight excluding hydrogens is 461 g/mol. The van der Waals surface area contributed by atoms with Crippen LogP contribution < -0.4 is 15.4 Å². The fourth-order valence-electron chi connectivity index (χ4n) is 3.26. The normalized spacial score (nSPS) is 15.5. The molecule has 1 aliphatic heterocycles. The summed E-state index contributed by atoms with van der Waals surface area (Å²) >= 11 is 5.65. The number of rotatable bonds is 7. The van der Waals surface area contributed by atoms with Crippen molar-refractivity contribution in [3.63, 3.8) is 0 Å². The Morgan fingerprint density at radius 1 is 1.27 bits per heavy atom.